The fourth-order valence-electron chi connectivity index (χ4n) is 2.86. The topological polar surface area (TPSA) is 109 Å². The molecular weight excluding hydrogens is 454 g/mol. The number of carbonyl (C=O) groups is 2. The van der Waals surface area contributed by atoms with Crippen LogP contribution >= 0.6 is 11.6 Å². The predicted octanol–water partition coefficient (Wildman–Crippen LogP) is 3.50. The van der Waals surface area contributed by atoms with Crippen LogP contribution in [0.5, 0.6) is 0 Å². The Morgan fingerprint density at radius 1 is 1.00 bits per heavy atom. The van der Waals surface area contributed by atoms with E-state index in [9.17, 15) is 18.0 Å². The Kier molecular flexibility index (Phi) is 7.34. The molecule has 0 aliphatic carbocycles. The van der Waals surface area contributed by atoms with Gasteiger partial charge < -0.3 is 15.1 Å². The van der Waals surface area contributed by atoms with Gasteiger partial charge in [-0.3, -0.25) is 9.59 Å². The van der Waals surface area contributed by atoms with Crippen LogP contribution in [0.2, 0.25) is 5.02 Å². The summed E-state index contributed by atoms with van der Waals surface area (Å²) in [5.41, 5.74) is 1.33. The first-order valence-electron chi connectivity index (χ1n) is 9.60. The minimum absolute atomic E-state index is 0.0144. The van der Waals surface area contributed by atoms with Gasteiger partial charge in [-0.1, -0.05) is 11.6 Å². The van der Waals surface area contributed by atoms with Crippen LogP contribution in [-0.4, -0.2) is 38.1 Å². The van der Waals surface area contributed by atoms with E-state index in [-0.39, 0.29) is 23.9 Å². The van der Waals surface area contributed by atoms with E-state index in [4.69, 9.17) is 16.0 Å². The number of likely N-dealkylation sites (N-methyl/N-ethyl adjacent to an activating group) is 1. The monoisotopic (exact) mass is 475 g/mol. The van der Waals surface area contributed by atoms with E-state index < -0.39 is 15.9 Å². The Morgan fingerprint density at radius 3 is 2.28 bits per heavy atom. The molecule has 168 valence electrons. The fourth-order valence-corrected chi connectivity index (χ4v) is 4.12. The summed E-state index contributed by atoms with van der Waals surface area (Å²) in [6, 6.07) is 16.4. The first-order valence-corrected chi connectivity index (χ1v) is 11.4. The minimum atomic E-state index is -3.87. The van der Waals surface area contributed by atoms with Gasteiger partial charge in [0.15, 0.2) is 0 Å². The molecule has 0 unspecified atom stereocenters. The normalized spacial score (nSPS) is 11.4. The molecule has 1 heterocycles. The molecule has 0 fully saturated rings. The zero-order valence-electron chi connectivity index (χ0n) is 17.5. The zero-order valence-corrected chi connectivity index (χ0v) is 19.0. The summed E-state index contributed by atoms with van der Waals surface area (Å²) in [5.74, 6) is 0.428. The minimum Gasteiger partial charge on any atom is -0.459 e. The van der Waals surface area contributed by atoms with Crippen LogP contribution in [0.15, 0.2) is 70.0 Å². The number of hydrogen-bond acceptors (Lipinski definition) is 5. The van der Waals surface area contributed by atoms with E-state index >= 15 is 0 Å². The SMILES string of the molecule is CC(=O)Nc1ccc(S(=O)(=O)N(C)CC(=O)NCc2ccc(-c3ccc(Cl)cc3)o2)cc1. The quantitative estimate of drug-likeness (QED) is 0.518. The van der Waals surface area contributed by atoms with Gasteiger partial charge in [-0.25, -0.2) is 8.42 Å². The highest BCUT2D eigenvalue weighted by Gasteiger charge is 2.23. The Morgan fingerprint density at radius 2 is 1.66 bits per heavy atom. The number of sulfonamides is 1. The smallest absolute Gasteiger partial charge is 0.243 e. The van der Waals surface area contributed by atoms with Gasteiger partial charge in [0.25, 0.3) is 0 Å². The average molecular weight is 476 g/mol. The second kappa shape index (κ2) is 9.99. The number of nitrogens with zero attached hydrogens (tertiary/aromatic N) is 1. The molecule has 0 aliphatic rings. The molecule has 1 aromatic heterocycles. The zero-order chi connectivity index (χ0) is 23.3. The van der Waals surface area contributed by atoms with Crippen molar-refractivity contribution in [1.82, 2.24) is 9.62 Å². The molecule has 0 radical (unpaired) electrons. The molecule has 10 heteroatoms. The second-order valence-electron chi connectivity index (χ2n) is 7.02. The number of furan rings is 1. The van der Waals surface area contributed by atoms with E-state index in [1.165, 1.54) is 38.2 Å². The van der Waals surface area contributed by atoms with Gasteiger partial charge in [-0.05, 0) is 60.7 Å². The van der Waals surface area contributed by atoms with Crippen LogP contribution in [0.4, 0.5) is 5.69 Å². The lowest BCUT2D eigenvalue weighted by Gasteiger charge is -2.17. The lowest BCUT2D eigenvalue weighted by molar-refractivity contribution is -0.121. The lowest BCUT2D eigenvalue weighted by Crippen LogP contribution is -2.38. The van der Waals surface area contributed by atoms with Crippen LogP contribution in [0.25, 0.3) is 11.3 Å². The lowest BCUT2D eigenvalue weighted by atomic mass is 10.2. The predicted molar refractivity (Wildman–Crippen MR) is 122 cm³/mol. The number of carbonyl (C=O) groups excluding carboxylic acids is 2. The summed E-state index contributed by atoms with van der Waals surface area (Å²) in [6.45, 7) is 1.12. The highest BCUT2D eigenvalue weighted by Crippen LogP contribution is 2.24. The molecule has 0 saturated heterocycles. The molecule has 8 nitrogen and oxygen atoms in total. The Bertz CT molecular complexity index is 1210. The summed E-state index contributed by atoms with van der Waals surface area (Å²) in [6.07, 6.45) is 0. The van der Waals surface area contributed by atoms with Crippen molar-refractivity contribution in [2.24, 2.45) is 0 Å². The Balaban J connectivity index is 1.56. The number of benzene rings is 2. The molecule has 0 atom stereocenters. The molecule has 2 amide bonds. The number of nitrogens with one attached hydrogen (secondary N) is 2. The average Bonchev–Trinajstić information content (AvgIpc) is 3.22. The van der Waals surface area contributed by atoms with Gasteiger partial charge in [0.1, 0.15) is 11.5 Å². The van der Waals surface area contributed by atoms with Crippen molar-refractivity contribution >= 4 is 39.1 Å². The molecule has 32 heavy (non-hydrogen) atoms. The standard InChI is InChI=1S/C22H22ClN3O5S/c1-15(27)25-18-7-10-20(11-8-18)32(29,30)26(2)14-22(28)24-13-19-9-12-21(31-19)16-3-5-17(23)6-4-16/h3-12H,13-14H2,1-2H3,(H,24,28)(H,25,27). The molecule has 2 aromatic carbocycles. The van der Waals surface area contributed by atoms with E-state index in [1.807, 2.05) is 12.1 Å². The van der Waals surface area contributed by atoms with Crippen molar-refractivity contribution < 1.29 is 22.4 Å². The van der Waals surface area contributed by atoms with Crippen molar-refractivity contribution in [3.63, 3.8) is 0 Å². The van der Waals surface area contributed by atoms with E-state index in [0.29, 0.717) is 22.2 Å². The first kappa shape index (κ1) is 23.5. The third-order valence-corrected chi connectivity index (χ3v) is 6.57. The van der Waals surface area contributed by atoms with Crippen molar-refractivity contribution in [2.45, 2.75) is 18.4 Å². The summed E-state index contributed by atoms with van der Waals surface area (Å²) < 4.78 is 32.1. The molecule has 0 aliphatic heterocycles. The van der Waals surface area contributed by atoms with Crippen LogP contribution in [0.3, 0.4) is 0 Å². The Hall–Kier alpha value is -3.14. The highest BCUT2D eigenvalue weighted by atomic mass is 35.5. The highest BCUT2D eigenvalue weighted by molar-refractivity contribution is 7.89. The van der Waals surface area contributed by atoms with Crippen LogP contribution in [0.1, 0.15) is 12.7 Å². The van der Waals surface area contributed by atoms with Gasteiger partial charge in [-0.2, -0.15) is 4.31 Å². The molecule has 0 spiro atoms. The molecule has 0 saturated carbocycles. The van der Waals surface area contributed by atoms with Gasteiger partial charge in [0, 0.05) is 30.2 Å². The van der Waals surface area contributed by atoms with Crippen molar-refractivity contribution in [2.75, 3.05) is 18.9 Å². The van der Waals surface area contributed by atoms with Gasteiger partial charge in [-0.15, -0.1) is 0 Å². The fraction of sp³-hybridized carbons (Fsp3) is 0.182. The summed E-state index contributed by atoms with van der Waals surface area (Å²) in [4.78, 5) is 23.4. The van der Waals surface area contributed by atoms with Crippen LogP contribution in [-0.2, 0) is 26.2 Å². The van der Waals surface area contributed by atoms with Crippen molar-refractivity contribution in [3.8, 4) is 11.3 Å². The second-order valence-corrected chi connectivity index (χ2v) is 9.50. The third-order valence-electron chi connectivity index (χ3n) is 4.50. The molecular formula is C22H22ClN3O5S. The maximum Gasteiger partial charge on any atom is 0.243 e. The Labute approximate surface area is 191 Å². The molecule has 3 aromatic rings. The number of anilines is 1. The third kappa shape index (κ3) is 5.97. The van der Waals surface area contributed by atoms with Crippen molar-refractivity contribution in [1.29, 1.82) is 0 Å². The maximum atomic E-state index is 12.7. The largest absolute Gasteiger partial charge is 0.459 e. The first-order chi connectivity index (χ1) is 15.1. The van der Waals surface area contributed by atoms with E-state index in [1.54, 1.807) is 24.3 Å². The van der Waals surface area contributed by atoms with Crippen molar-refractivity contribution in [3.05, 3.63) is 71.4 Å². The molecule has 0 bridgehead atoms. The van der Waals surface area contributed by atoms with Gasteiger partial charge in [0.05, 0.1) is 18.0 Å². The molecule has 3 rings (SSSR count). The van der Waals surface area contributed by atoms with Crippen LogP contribution in [0, 0.1) is 0 Å². The number of amides is 2. The van der Waals surface area contributed by atoms with Gasteiger partial charge >= 0.3 is 0 Å². The van der Waals surface area contributed by atoms with Crippen LogP contribution < -0.4 is 10.6 Å². The summed E-state index contributed by atoms with van der Waals surface area (Å²) >= 11 is 5.89. The number of halogens is 1. The van der Waals surface area contributed by atoms with Gasteiger partial charge in [0.2, 0.25) is 21.8 Å². The molecule has 2 N–H and O–H groups in total. The number of rotatable bonds is 8. The maximum absolute atomic E-state index is 12.7. The van der Waals surface area contributed by atoms with E-state index in [2.05, 4.69) is 10.6 Å². The van der Waals surface area contributed by atoms with E-state index in [0.717, 1.165) is 9.87 Å². The summed E-state index contributed by atoms with van der Waals surface area (Å²) in [7, 11) is -2.55. The number of hydrogen-bond donors (Lipinski definition) is 2. The summed E-state index contributed by atoms with van der Waals surface area (Å²) in [5, 5.41) is 5.84.